The molecule has 0 unspecified atom stereocenters. The lowest BCUT2D eigenvalue weighted by Gasteiger charge is -2.30. The van der Waals surface area contributed by atoms with Crippen LogP contribution in [0.4, 0.5) is 14.9 Å². The van der Waals surface area contributed by atoms with Crippen molar-refractivity contribution in [1.82, 2.24) is 10.2 Å². The molecule has 1 fully saturated rings. The molecular weight excluding hydrogens is 564 g/mol. The predicted octanol–water partition coefficient (Wildman–Crippen LogP) is 4.84. The highest BCUT2D eigenvalue weighted by molar-refractivity contribution is 14.1. The topological polar surface area (TPSA) is 87.7 Å². The van der Waals surface area contributed by atoms with E-state index in [-0.39, 0.29) is 5.69 Å². The zero-order valence-electron chi connectivity index (χ0n) is 19.0. The van der Waals surface area contributed by atoms with Gasteiger partial charge in [-0.3, -0.25) is 9.59 Å². The summed E-state index contributed by atoms with van der Waals surface area (Å²) in [6.07, 6.45) is 0. The summed E-state index contributed by atoms with van der Waals surface area (Å²) in [7, 11) is 1.53. The van der Waals surface area contributed by atoms with Gasteiger partial charge in [-0.25, -0.2) is 14.1 Å². The minimum atomic E-state index is -1.22. The van der Waals surface area contributed by atoms with Crippen molar-refractivity contribution in [3.8, 4) is 5.75 Å². The Bertz CT molecular complexity index is 1250. The maximum Gasteiger partial charge on any atom is 0.325 e. The summed E-state index contributed by atoms with van der Waals surface area (Å²) in [5.74, 6) is -1.79. The van der Waals surface area contributed by atoms with Gasteiger partial charge in [0.2, 0.25) is 5.91 Å². The fourth-order valence-corrected chi connectivity index (χ4v) is 4.54. The van der Waals surface area contributed by atoms with Crippen LogP contribution in [0.15, 0.2) is 72.8 Å². The van der Waals surface area contributed by atoms with Crippen LogP contribution >= 0.6 is 22.6 Å². The van der Waals surface area contributed by atoms with Crippen molar-refractivity contribution in [2.75, 3.05) is 12.4 Å². The molecule has 0 aromatic heterocycles. The Morgan fingerprint density at radius 1 is 1.09 bits per heavy atom. The van der Waals surface area contributed by atoms with Crippen LogP contribution in [0.25, 0.3) is 0 Å². The molecule has 3 aromatic rings. The molecule has 1 saturated heterocycles. The highest BCUT2D eigenvalue weighted by Gasteiger charge is 2.47. The Labute approximate surface area is 215 Å². The van der Waals surface area contributed by atoms with E-state index in [0.717, 1.165) is 10.5 Å². The van der Waals surface area contributed by atoms with Crippen molar-refractivity contribution >= 4 is 46.1 Å². The number of nitrogens with one attached hydrogen (secondary N) is 2. The van der Waals surface area contributed by atoms with Gasteiger partial charge in [0.25, 0.3) is 5.91 Å². The molecule has 1 aliphatic rings. The van der Waals surface area contributed by atoms with Crippen molar-refractivity contribution in [3.05, 3.63) is 93.3 Å². The summed E-state index contributed by atoms with van der Waals surface area (Å²) in [6.45, 7) is 1.76. The largest absolute Gasteiger partial charge is 0.497 e. The van der Waals surface area contributed by atoms with Gasteiger partial charge in [-0.05, 0) is 64.0 Å². The molecular formula is C26H23FIN3O4. The molecule has 3 aromatic carbocycles. The number of carbonyl (C=O) groups is 3. The predicted molar refractivity (Wildman–Crippen MR) is 138 cm³/mol. The number of halogens is 2. The number of amides is 4. The van der Waals surface area contributed by atoms with E-state index in [2.05, 4.69) is 10.6 Å². The van der Waals surface area contributed by atoms with E-state index >= 15 is 0 Å². The third kappa shape index (κ3) is 5.14. The fourth-order valence-electron chi connectivity index (χ4n) is 4.08. The summed E-state index contributed by atoms with van der Waals surface area (Å²) in [4.78, 5) is 41.0. The highest BCUT2D eigenvalue weighted by atomic mass is 127. The van der Waals surface area contributed by atoms with Crippen molar-refractivity contribution in [1.29, 1.82) is 0 Å². The number of imide groups is 1. The van der Waals surface area contributed by atoms with Crippen LogP contribution in [-0.4, -0.2) is 35.9 Å². The Balaban J connectivity index is 1.68. The first kappa shape index (κ1) is 24.6. The Kier molecular flexibility index (Phi) is 7.34. The number of methoxy groups -OCH3 is 1. The molecule has 180 valence electrons. The molecule has 1 aliphatic heterocycles. The first-order valence-corrected chi connectivity index (χ1v) is 12.0. The van der Waals surface area contributed by atoms with Gasteiger partial charge in [0.1, 0.15) is 23.7 Å². The van der Waals surface area contributed by atoms with Crippen LogP contribution in [0, 0.1) is 9.39 Å². The van der Waals surface area contributed by atoms with Gasteiger partial charge in [0.15, 0.2) is 0 Å². The van der Waals surface area contributed by atoms with E-state index in [1.165, 1.54) is 19.2 Å². The molecule has 0 aliphatic carbocycles. The maximum absolute atomic E-state index is 14.5. The average Bonchev–Trinajstić information content (AvgIpc) is 3.15. The summed E-state index contributed by atoms with van der Waals surface area (Å²) in [6, 6.07) is 17.4. The molecule has 9 heteroatoms. The van der Waals surface area contributed by atoms with Gasteiger partial charge in [0.05, 0.1) is 12.8 Å². The fraction of sp³-hybridized carbons (Fsp3) is 0.192. The molecule has 0 radical (unpaired) electrons. The summed E-state index contributed by atoms with van der Waals surface area (Å²) in [5, 5.41) is 5.24. The molecule has 3 atom stereocenters. The van der Waals surface area contributed by atoms with E-state index < -0.39 is 41.7 Å². The maximum atomic E-state index is 14.5. The van der Waals surface area contributed by atoms with E-state index in [1.807, 2.05) is 52.9 Å². The smallest absolute Gasteiger partial charge is 0.325 e. The SMILES string of the molecule is COc1ccc([C@H]2NC(=O)N([C@H](C(=O)Nc3ccc(I)cc3F)[C@@H](C)c3ccccc3)C2=O)cc1. The van der Waals surface area contributed by atoms with Crippen LogP contribution in [-0.2, 0) is 9.59 Å². The first-order valence-electron chi connectivity index (χ1n) is 10.9. The van der Waals surface area contributed by atoms with Crippen molar-refractivity contribution in [2.45, 2.75) is 24.9 Å². The Morgan fingerprint density at radius 3 is 2.40 bits per heavy atom. The number of ether oxygens (including phenoxy) is 1. The molecule has 0 spiro atoms. The summed E-state index contributed by atoms with van der Waals surface area (Å²) in [5.41, 5.74) is 1.28. The monoisotopic (exact) mass is 587 g/mol. The van der Waals surface area contributed by atoms with Gasteiger partial charge >= 0.3 is 6.03 Å². The van der Waals surface area contributed by atoms with Crippen molar-refractivity contribution < 1.29 is 23.5 Å². The number of carbonyl (C=O) groups excluding carboxylic acids is 3. The third-order valence-corrected chi connectivity index (χ3v) is 6.63. The minimum absolute atomic E-state index is 0.0283. The lowest BCUT2D eigenvalue weighted by molar-refractivity contribution is -0.134. The van der Waals surface area contributed by atoms with Crippen LogP contribution in [0.3, 0.4) is 0 Å². The van der Waals surface area contributed by atoms with E-state index in [9.17, 15) is 18.8 Å². The summed E-state index contributed by atoms with van der Waals surface area (Å²) < 4.78 is 20.3. The number of anilines is 1. The number of hydrogen-bond acceptors (Lipinski definition) is 4. The Hall–Kier alpha value is -3.47. The van der Waals surface area contributed by atoms with Gasteiger partial charge in [-0.15, -0.1) is 0 Å². The molecule has 2 N–H and O–H groups in total. The standard InChI is InChI=1S/C26H23FIN3O4/c1-15(16-6-4-3-5-7-16)23(24(32)29-21-13-10-18(28)14-20(21)27)31-25(33)22(30-26(31)34)17-8-11-19(35-2)12-9-17/h3-15,22-23H,1-2H3,(H,29,32)(H,30,34)/t15-,22+,23-/m0/s1. The number of rotatable bonds is 7. The minimum Gasteiger partial charge on any atom is -0.497 e. The second kappa shape index (κ2) is 10.4. The lowest BCUT2D eigenvalue weighted by atomic mass is 9.91. The average molecular weight is 587 g/mol. The second-order valence-electron chi connectivity index (χ2n) is 8.12. The Morgan fingerprint density at radius 2 is 1.77 bits per heavy atom. The number of nitrogens with zero attached hydrogens (tertiary/aromatic N) is 1. The van der Waals surface area contributed by atoms with E-state index in [4.69, 9.17) is 4.74 Å². The number of benzene rings is 3. The van der Waals surface area contributed by atoms with Crippen LogP contribution in [0.2, 0.25) is 0 Å². The summed E-state index contributed by atoms with van der Waals surface area (Å²) >= 11 is 1.97. The first-order chi connectivity index (χ1) is 16.8. The number of urea groups is 1. The molecule has 0 bridgehead atoms. The molecule has 7 nitrogen and oxygen atoms in total. The van der Waals surface area contributed by atoms with Crippen LogP contribution < -0.4 is 15.4 Å². The van der Waals surface area contributed by atoms with Crippen molar-refractivity contribution in [3.63, 3.8) is 0 Å². The van der Waals surface area contributed by atoms with Gasteiger partial charge in [-0.1, -0.05) is 49.4 Å². The van der Waals surface area contributed by atoms with Gasteiger partial charge in [-0.2, -0.15) is 0 Å². The van der Waals surface area contributed by atoms with E-state index in [1.54, 1.807) is 37.3 Å². The lowest BCUT2D eigenvalue weighted by Crippen LogP contribution is -2.50. The molecule has 0 saturated carbocycles. The molecule has 4 rings (SSSR count). The third-order valence-electron chi connectivity index (χ3n) is 5.95. The van der Waals surface area contributed by atoms with Crippen molar-refractivity contribution in [2.24, 2.45) is 0 Å². The zero-order chi connectivity index (χ0) is 25.1. The normalized spacial score (nSPS) is 17.0. The number of hydrogen-bond donors (Lipinski definition) is 2. The van der Waals surface area contributed by atoms with Gasteiger partial charge < -0.3 is 15.4 Å². The molecule has 4 amide bonds. The molecule has 1 heterocycles. The van der Waals surface area contributed by atoms with E-state index in [0.29, 0.717) is 14.9 Å². The quantitative estimate of drug-likeness (QED) is 0.306. The molecule has 35 heavy (non-hydrogen) atoms. The van der Waals surface area contributed by atoms with Gasteiger partial charge in [0, 0.05) is 9.49 Å². The van der Waals surface area contributed by atoms with Crippen LogP contribution in [0.1, 0.15) is 30.0 Å². The second-order valence-corrected chi connectivity index (χ2v) is 9.37. The zero-order valence-corrected chi connectivity index (χ0v) is 21.2. The van der Waals surface area contributed by atoms with Crippen LogP contribution in [0.5, 0.6) is 5.75 Å². The highest BCUT2D eigenvalue weighted by Crippen LogP contribution is 2.32.